The third kappa shape index (κ3) is 2.59. The van der Waals surface area contributed by atoms with Gasteiger partial charge in [-0.05, 0) is 25.5 Å². The number of aryl methyl sites for hydroxylation is 3. The van der Waals surface area contributed by atoms with Gasteiger partial charge in [-0.15, -0.1) is 0 Å². The maximum absolute atomic E-state index is 10.6. The number of carbonyl (C=O) groups is 1. The maximum Gasteiger partial charge on any atom is 0.303 e. The summed E-state index contributed by atoms with van der Waals surface area (Å²) < 4.78 is 5.61. The number of carboxylic acid groups (broad SMARTS) is 1. The van der Waals surface area contributed by atoms with Crippen LogP contribution >= 0.6 is 0 Å². The molecule has 0 saturated heterocycles. The molecule has 0 spiro atoms. The summed E-state index contributed by atoms with van der Waals surface area (Å²) in [7, 11) is 0. The van der Waals surface area contributed by atoms with Crippen molar-refractivity contribution in [3.8, 4) is 11.5 Å². The molecule has 0 amide bonds. The molecule has 0 aliphatic rings. The molecule has 4 nitrogen and oxygen atoms in total. The van der Waals surface area contributed by atoms with E-state index in [-0.39, 0.29) is 6.42 Å². The van der Waals surface area contributed by atoms with Crippen LogP contribution in [0.25, 0.3) is 11.5 Å². The molecule has 2 rings (SSSR count). The Kier molecular flexibility index (Phi) is 3.46. The van der Waals surface area contributed by atoms with Crippen LogP contribution in [0.1, 0.15) is 23.4 Å². The van der Waals surface area contributed by atoms with E-state index in [4.69, 9.17) is 9.52 Å². The molecule has 1 heterocycles. The van der Waals surface area contributed by atoms with Gasteiger partial charge in [0.15, 0.2) is 0 Å². The molecular formula is C14H15NO3. The highest BCUT2D eigenvalue weighted by Gasteiger charge is 2.13. The molecule has 0 unspecified atom stereocenters. The smallest absolute Gasteiger partial charge is 0.303 e. The lowest BCUT2D eigenvalue weighted by Crippen LogP contribution is -1.98. The zero-order chi connectivity index (χ0) is 13.1. The van der Waals surface area contributed by atoms with Gasteiger partial charge in [-0.1, -0.05) is 18.2 Å². The molecule has 1 N–H and O–H groups in total. The van der Waals surface area contributed by atoms with Gasteiger partial charge >= 0.3 is 5.97 Å². The van der Waals surface area contributed by atoms with E-state index >= 15 is 0 Å². The highest BCUT2D eigenvalue weighted by atomic mass is 16.4. The Morgan fingerprint density at radius 1 is 1.33 bits per heavy atom. The first-order chi connectivity index (χ1) is 8.58. The predicted octanol–water partition coefficient (Wildman–Crippen LogP) is 2.98. The fraction of sp³-hybridized carbons (Fsp3) is 0.286. The Labute approximate surface area is 105 Å². The summed E-state index contributed by atoms with van der Waals surface area (Å²) in [6.07, 6.45) is 0.469. The highest BCUT2D eigenvalue weighted by Crippen LogP contribution is 2.25. The molecular weight excluding hydrogens is 230 g/mol. The van der Waals surface area contributed by atoms with Crippen molar-refractivity contribution in [2.45, 2.75) is 26.7 Å². The van der Waals surface area contributed by atoms with E-state index in [0.29, 0.717) is 18.1 Å². The molecule has 0 saturated carbocycles. The summed E-state index contributed by atoms with van der Waals surface area (Å²) >= 11 is 0. The van der Waals surface area contributed by atoms with Crippen LogP contribution in [0.3, 0.4) is 0 Å². The minimum absolute atomic E-state index is 0.0700. The van der Waals surface area contributed by atoms with Crippen LogP contribution in [0.4, 0.5) is 0 Å². The molecule has 0 aliphatic carbocycles. The third-order valence-corrected chi connectivity index (χ3v) is 2.84. The van der Waals surface area contributed by atoms with Crippen molar-refractivity contribution in [3.05, 3.63) is 41.3 Å². The lowest BCUT2D eigenvalue weighted by Gasteiger charge is -1.99. The molecule has 1 aromatic heterocycles. The van der Waals surface area contributed by atoms with Crippen LogP contribution in [-0.4, -0.2) is 16.1 Å². The predicted molar refractivity (Wildman–Crippen MR) is 67.4 cm³/mol. The third-order valence-electron chi connectivity index (χ3n) is 2.84. The molecule has 18 heavy (non-hydrogen) atoms. The number of carboxylic acids is 1. The fourth-order valence-corrected chi connectivity index (χ4v) is 1.81. The van der Waals surface area contributed by atoms with Gasteiger partial charge in [-0.3, -0.25) is 4.79 Å². The van der Waals surface area contributed by atoms with E-state index < -0.39 is 5.97 Å². The summed E-state index contributed by atoms with van der Waals surface area (Å²) in [5, 5.41) is 8.68. The van der Waals surface area contributed by atoms with Crippen LogP contribution in [0, 0.1) is 13.8 Å². The minimum atomic E-state index is -0.824. The second kappa shape index (κ2) is 5.04. The van der Waals surface area contributed by atoms with Crippen molar-refractivity contribution < 1.29 is 14.3 Å². The number of rotatable bonds is 4. The van der Waals surface area contributed by atoms with Crippen molar-refractivity contribution in [1.82, 2.24) is 4.98 Å². The standard InChI is InChI=1S/C14H15NO3/c1-9-5-3-4-6-11(9)14-15-12(10(2)18-14)7-8-13(16)17/h3-6H,7-8H2,1-2H3,(H,16,17). The van der Waals surface area contributed by atoms with Crippen molar-refractivity contribution in [1.29, 1.82) is 0 Å². The first kappa shape index (κ1) is 12.4. The van der Waals surface area contributed by atoms with Gasteiger partial charge < -0.3 is 9.52 Å². The Hall–Kier alpha value is -2.10. The van der Waals surface area contributed by atoms with Crippen LogP contribution in [0.5, 0.6) is 0 Å². The number of hydrogen-bond acceptors (Lipinski definition) is 3. The first-order valence-corrected chi connectivity index (χ1v) is 5.82. The van der Waals surface area contributed by atoms with Gasteiger partial charge in [0.2, 0.25) is 5.89 Å². The number of aromatic nitrogens is 1. The van der Waals surface area contributed by atoms with E-state index in [1.807, 2.05) is 38.1 Å². The van der Waals surface area contributed by atoms with Gasteiger partial charge in [-0.2, -0.15) is 0 Å². The Morgan fingerprint density at radius 2 is 2.06 bits per heavy atom. The molecule has 1 aromatic carbocycles. The maximum atomic E-state index is 10.6. The van der Waals surface area contributed by atoms with Gasteiger partial charge in [0, 0.05) is 12.0 Å². The molecule has 4 heteroatoms. The SMILES string of the molecule is Cc1ccccc1-c1nc(CCC(=O)O)c(C)o1. The van der Waals surface area contributed by atoms with E-state index in [1.54, 1.807) is 0 Å². The fourth-order valence-electron chi connectivity index (χ4n) is 1.81. The Balaban J connectivity index is 2.29. The van der Waals surface area contributed by atoms with Gasteiger partial charge in [0.05, 0.1) is 12.1 Å². The number of hydrogen-bond donors (Lipinski definition) is 1. The first-order valence-electron chi connectivity index (χ1n) is 5.82. The topological polar surface area (TPSA) is 63.3 Å². The van der Waals surface area contributed by atoms with Crippen LogP contribution in [0.15, 0.2) is 28.7 Å². The zero-order valence-corrected chi connectivity index (χ0v) is 10.4. The van der Waals surface area contributed by atoms with Crippen molar-refractivity contribution >= 4 is 5.97 Å². The number of aliphatic carboxylic acids is 1. The quantitative estimate of drug-likeness (QED) is 0.899. The molecule has 0 radical (unpaired) electrons. The minimum Gasteiger partial charge on any atom is -0.481 e. The highest BCUT2D eigenvalue weighted by molar-refractivity contribution is 5.67. The largest absolute Gasteiger partial charge is 0.481 e. The summed E-state index contributed by atoms with van der Waals surface area (Å²) in [6.45, 7) is 3.80. The van der Waals surface area contributed by atoms with Gasteiger partial charge in [0.25, 0.3) is 0 Å². The Morgan fingerprint density at radius 3 is 2.72 bits per heavy atom. The van der Waals surface area contributed by atoms with E-state index in [9.17, 15) is 4.79 Å². The number of nitrogens with zero attached hydrogens (tertiary/aromatic N) is 1. The van der Waals surface area contributed by atoms with Gasteiger partial charge in [-0.25, -0.2) is 4.98 Å². The van der Waals surface area contributed by atoms with Gasteiger partial charge in [0.1, 0.15) is 5.76 Å². The normalized spacial score (nSPS) is 10.6. The molecule has 2 aromatic rings. The second-order valence-electron chi connectivity index (χ2n) is 4.23. The summed E-state index contributed by atoms with van der Waals surface area (Å²) in [6, 6.07) is 7.83. The van der Waals surface area contributed by atoms with Crippen LogP contribution in [0.2, 0.25) is 0 Å². The van der Waals surface area contributed by atoms with E-state index in [2.05, 4.69) is 4.98 Å². The Bertz CT molecular complexity index is 572. The molecule has 0 atom stereocenters. The monoisotopic (exact) mass is 245 g/mol. The number of benzene rings is 1. The average molecular weight is 245 g/mol. The average Bonchev–Trinajstić information content (AvgIpc) is 2.68. The zero-order valence-electron chi connectivity index (χ0n) is 10.4. The summed E-state index contributed by atoms with van der Waals surface area (Å²) in [5.41, 5.74) is 2.75. The second-order valence-corrected chi connectivity index (χ2v) is 4.23. The van der Waals surface area contributed by atoms with Crippen molar-refractivity contribution in [3.63, 3.8) is 0 Å². The van der Waals surface area contributed by atoms with E-state index in [1.165, 1.54) is 0 Å². The lowest BCUT2D eigenvalue weighted by atomic mass is 10.1. The van der Waals surface area contributed by atoms with E-state index in [0.717, 1.165) is 16.8 Å². The molecule has 0 bridgehead atoms. The van der Waals surface area contributed by atoms with Crippen LogP contribution in [-0.2, 0) is 11.2 Å². The van der Waals surface area contributed by atoms with Crippen LogP contribution < -0.4 is 0 Å². The van der Waals surface area contributed by atoms with Crippen molar-refractivity contribution in [2.75, 3.05) is 0 Å². The molecule has 0 fully saturated rings. The van der Waals surface area contributed by atoms with Crippen molar-refractivity contribution in [2.24, 2.45) is 0 Å². The summed E-state index contributed by atoms with van der Waals surface area (Å²) in [4.78, 5) is 14.9. The molecule has 94 valence electrons. The lowest BCUT2D eigenvalue weighted by molar-refractivity contribution is -0.136. The molecule has 0 aliphatic heterocycles. The summed E-state index contributed by atoms with van der Waals surface area (Å²) in [5.74, 6) is 0.426. The number of oxazole rings is 1.